The fourth-order valence-electron chi connectivity index (χ4n) is 5.60. The molecule has 44 heavy (non-hydrogen) atoms. The molecule has 0 unspecified atom stereocenters. The lowest BCUT2D eigenvalue weighted by Crippen LogP contribution is -2.33. The minimum Gasteiger partial charge on any atom is -0.492 e. The summed E-state index contributed by atoms with van der Waals surface area (Å²) >= 11 is 0. The SMILES string of the molecule is CCCCc1nc(O)c(S(=O)(=O)c2ccc(-c3ccccc3C(=O)CC3CC3)cc2)c(=O)n1[C@@H](CC)c1cccc(C#N)c1. The van der Waals surface area contributed by atoms with Gasteiger partial charge < -0.3 is 5.11 Å². The molecule has 1 saturated carbocycles. The molecule has 0 spiro atoms. The summed E-state index contributed by atoms with van der Waals surface area (Å²) < 4.78 is 29.2. The summed E-state index contributed by atoms with van der Waals surface area (Å²) in [6.07, 6.45) is 4.89. The van der Waals surface area contributed by atoms with Crippen LogP contribution in [0.5, 0.6) is 5.88 Å². The number of carbonyl (C=O) groups excluding carboxylic acids is 1. The van der Waals surface area contributed by atoms with Gasteiger partial charge >= 0.3 is 0 Å². The Morgan fingerprint density at radius 2 is 1.80 bits per heavy atom. The predicted molar refractivity (Wildman–Crippen MR) is 167 cm³/mol. The van der Waals surface area contributed by atoms with Crippen molar-refractivity contribution in [1.82, 2.24) is 9.55 Å². The number of ketones is 1. The van der Waals surface area contributed by atoms with Gasteiger partial charge in [0.25, 0.3) is 5.56 Å². The number of hydrogen-bond donors (Lipinski definition) is 1. The third-order valence-corrected chi connectivity index (χ3v) is 9.91. The zero-order chi connectivity index (χ0) is 31.4. The van der Waals surface area contributed by atoms with Crippen LogP contribution in [0.4, 0.5) is 0 Å². The Balaban J connectivity index is 1.58. The second kappa shape index (κ2) is 13.0. The molecule has 0 radical (unpaired) electrons. The molecule has 0 saturated heterocycles. The van der Waals surface area contributed by atoms with Crippen LogP contribution in [0, 0.1) is 17.2 Å². The number of Topliss-reactive ketones (excluding diaryl/α,β-unsaturated/α-hetero) is 1. The van der Waals surface area contributed by atoms with Gasteiger partial charge in [-0.15, -0.1) is 0 Å². The van der Waals surface area contributed by atoms with E-state index in [9.17, 15) is 28.4 Å². The Kier molecular flexibility index (Phi) is 9.12. The highest BCUT2D eigenvalue weighted by Crippen LogP contribution is 2.36. The number of carbonyl (C=O) groups is 1. The molecule has 1 atom stereocenters. The number of unbranched alkanes of at least 4 members (excludes halogenated alkanes) is 1. The number of aryl methyl sites for hydroxylation is 1. The molecule has 0 aliphatic heterocycles. The van der Waals surface area contributed by atoms with Gasteiger partial charge in [0, 0.05) is 18.4 Å². The van der Waals surface area contributed by atoms with Gasteiger partial charge in [-0.25, -0.2) is 8.42 Å². The lowest BCUT2D eigenvalue weighted by molar-refractivity contribution is 0.0976. The van der Waals surface area contributed by atoms with Crippen molar-refractivity contribution in [3.05, 3.63) is 106 Å². The summed E-state index contributed by atoms with van der Waals surface area (Å²) in [6, 6.07) is 21.6. The van der Waals surface area contributed by atoms with E-state index in [1.165, 1.54) is 16.7 Å². The maximum atomic E-state index is 14.1. The number of benzene rings is 3. The molecule has 1 aliphatic rings. The van der Waals surface area contributed by atoms with E-state index < -0.39 is 32.2 Å². The van der Waals surface area contributed by atoms with Crippen molar-refractivity contribution in [1.29, 1.82) is 5.26 Å². The molecule has 5 rings (SSSR count). The molecule has 3 aromatic carbocycles. The average Bonchev–Trinajstić information content (AvgIpc) is 3.85. The van der Waals surface area contributed by atoms with Crippen molar-refractivity contribution >= 4 is 15.6 Å². The van der Waals surface area contributed by atoms with E-state index in [1.807, 2.05) is 32.0 Å². The highest BCUT2D eigenvalue weighted by molar-refractivity contribution is 7.91. The first kappa shape index (κ1) is 30.9. The minimum atomic E-state index is -4.49. The predicted octanol–water partition coefficient (Wildman–Crippen LogP) is 6.65. The van der Waals surface area contributed by atoms with Crippen LogP contribution < -0.4 is 5.56 Å². The number of nitrogens with zero attached hydrogens (tertiary/aromatic N) is 3. The van der Waals surface area contributed by atoms with E-state index in [0.29, 0.717) is 59.4 Å². The molecular formula is C35H35N3O5S. The maximum Gasteiger partial charge on any atom is 0.277 e. The van der Waals surface area contributed by atoms with Gasteiger partial charge in [0.2, 0.25) is 15.7 Å². The van der Waals surface area contributed by atoms with Gasteiger partial charge in [-0.2, -0.15) is 10.2 Å². The molecule has 4 aromatic rings. The van der Waals surface area contributed by atoms with Gasteiger partial charge in [0.1, 0.15) is 5.82 Å². The molecule has 9 heteroatoms. The van der Waals surface area contributed by atoms with Crippen LogP contribution >= 0.6 is 0 Å². The molecule has 8 nitrogen and oxygen atoms in total. The third kappa shape index (κ3) is 6.22. The number of sulfone groups is 1. The molecule has 0 bridgehead atoms. The summed E-state index contributed by atoms with van der Waals surface area (Å²) in [5, 5.41) is 20.4. The first-order valence-corrected chi connectivity index (χ1v) is 16.5. The number of nitriles is 1. The first-order chi connectivity index (χ1) is 21.2. The Hall–Kier alpha value is -4.55. The van der Waals surface area contributed by atoms with Gasteiger partial charge in [-0.1, -0.05) is 68.8 Å². The largest absolute Gasteiger partial charge is 0.492 e. The van der Waals surface area contributed by atoms with Crippen molar-refractivity contribution in [2.75, 3.05) is 0 Å². The van der Waals surface area contributed by atoms with Gasteiger partial charge in [0.15, 0.2) is 10.7 Å². The fraction of sp³-hybridized carbons (Fsp3) is 0.314. The van der Waals surface area contributed by atoms with Crippen LogP contribution in [0.15, 0.2) is 87.4 Å². The lowest BCUT2D eigenvalue weighted by Gasteiger charge is -2.23. The zero-order valence-corrected chi connectivity index (χ0v) is 25.7. The van der Waals surface area contributed by atoms with Crippen LogP contribution in [0.1, 0.15) is 85.7 Å². The minimum absolute atomic E-state index is 0.0605. The number of aromatic nitrogens is 2. The van der Waals surface area contributed by atoms with Crippen molar-refractivity contribution in [3.8, 4) is 23.1 Å². The number of rotatable bonds is 12. The Bertz CT molecular complexity index is 1900. The van der Waals surface area contributed by atoms with E-state index in [-0.39, 0.29) is 16.5 Å². The molecule has 0 amide bonds. The number of hydrogen-bond acceptors (Lipinski definition) is 7. The standard InChI is InChI=1S/C35H35N3O5S/c1-3-5-13-32-37-34(40)33(35(41)38(32)30(4-2)26-10-8-9-24(20-26)22-36)44(42,43)27-18-16-25(17-19-27)28-11-6-7-12-29(28)31(39)21-23-14-15-23/h6-12,16-20,23,30,40H,3-5,13-15,21H2,1-2H3/t30-/m0/s1. The van der Waals surface area contributed by atoms with Crippen molar-refractivity contribution in [2.24, 2.45) is 5.92 Å². The lowest BCUT2D eigenvalue weighted by atomic mass is 9.95. The van der Waals surface area contributed by atoms with Crippen molar-refractivity contribution in [3.63, 3.8) is 0 Å². The molecule has 226 valence electrons. The van der Waals surface area contributed by atoms with Crippen molar-refractivity contribution in [2.45, 2.75) is 74.6 Å². The zero-order valence-electron chi connectivity index (χ0n) is 24.9. The van der Waals surface area contributed by atoms with Gasteiger partial charge in [-0.05, 0) is 72.6 Å². The molecule has 1 aliphatic carbocycles. The normalized spacial score (nSPS) is 13.8. The van der Waals surface area contributed by atoms with Crippen LogP contribution in [-0.4, -0.2) is 28.9 Å². The van der Waals surface area contributed by atoms with Crippen LogP contribution in [-0.2, 0) is 16.3 Å². The van der Waals surface area contributed by atoms with E-state index in [4.69, 9.17) is 0 Å². The van der Waals surface area contributed by atoms with Crippen LogP contribution in [0.25, 0.3) is 11.1 Å². The number of aromatic hydroxyl groups is 1. The third-order valence-electron chi connectivity index (χ3n) is 8.12. The van der Waals surface area contributed by atoms with Crippen LogP contribution in [0.2, 0.25) is 0 Å². The van der Waals surface area contributed by atoms with E-state index in [2.05, 4.69) is 11.1 Å². The van der Waals surface area contributed by atoms with Crippen molar-refractivity contribution < 1.29 is 18.3 Å². The van der Waals surface area contributed by atoms with Gasteiger partial charge in [-0.3, -0.25) is 14.2 Å². The smallest absolute Gasteiger partial charge is 0.277 e. The molecule has 1 heterocycles. The van der Waals surface area contributed by atoms with E-state index in [1.54, 1.807) is 42.5 Å². The summed E-state index contributed by atoms with van der Waals surface area (Å²) in [5.41, 5.74) is 2.19. The fourth-order valence-corrected chi connectivity index (χ4v) is 6.95. The molecule has 1 aromatic heterocycles. The summed E-state index contributed by atoms with van der Waals surface area (Å²) in [6.45, 7) is 3.85. The second-order valence-electron chi connectivity index (χ2n) is 11.3. The maximum absolute atomic E-state index is 14.1. The quantitative estimate of drug-likeness (QED) is 0.178. The monoisotopic (exact) mass is 609 g/mol. The first-order valence-electron chi connectivity index (χ1n) is 15.0. The molecular weight excluding hydrogens is 574 g/mol. The highest BCUT2D eigenvalue weighted by atomic mass is 32.2. The molecule has 1 N–H and O–H groups in total. The summed E-state index contributed by atoms with van der Waals surface area (Å²) in [7, 11) is -4.49. The van der Waals surface area contributed by atoms with Crippen LogP contribution in [0.3, 0.4) is 0 Å². The Labute approximate surface area is 257 Å². The van der Waals surface area contributed by atoms with Gasteiger partial charge in [0.05, 0.1) is 22.6 Å². The topological polar surface area (TPSA) is 130 Å². The highest BCUT2D eigenvalue weighted by Gasteiger charge is 2.32. The Morgan fingerprint density at radius 3 is 2.45 bits per heavy atom. The second-order valence-corrected chi connectivity index (χ2v) is 13.2. The summed E-state index contributed by atoms with van der Waals surface area (Å²) in [4.78, 5) is 30.3. The summed E-state index contributed by atoms with van der Waals surface area (Å²) in [5.74, 6) is -0.0573. The molecule has 1 fully saturated rings. The van der Waals surface area contributed by atoms with E-state index in [0.717, 1.165) is 19.3 Å². The Morgan fingerprint density at radius 1 is 1.07 bits per heavy atom. The van der Waals surface area contributed by atoms with E-state index >= 15 is 0 Å². The average molecular weight is 610 g/mol.